The Balaban J connectivity index is 0.000000431. The average molecular weight is 385 g/mol. The summed E-state index contributed by atoms with van der Waals surface area (Å²) in [5, 5.41) is 4.58. The Labute approximate surface area is 151 Å². The molecule has 1 aromatic heterocycles. The molecule has 9 nitrogen and oxygen atoms in total. The summed E-state index contributed by atoms with van der Waals surface area (Å²) in [6, 6.07) is 4.42. The molecule has 144 valence electrons. The van der Waals surface area contributed by atoms with Gasteiger partial charge in [0, 0.05) is 17.8 Å². The maximum atomic E-state index is 8.88. The van der Waals surface area contributed by atoms with Crippen LogP contribution in [-0.4, -0.2) is 32.3 Å². The minimum atomic E-state index is -4.64. The van der Waals surface area contributed by atoms with Crippen LogP contribution < -0.4 is 15.9 Å². The van der Waals surface area contributed by atoms with Gasteiger partial charge in [-0.25, -0.2) is 4.57 Å². The van der Waals surface area contributed by atoms with Gasteiger partial charge in [-0.3, -0.25) is 4.98 Å². The lowest BCUT2D eigenvalue weighted by Crippen LogP contribution is -2.17. The second kappa shape index (κ2) is 8.77. The van der Waals surface area contributed by atoms with Crippen molar-refractivity contribution in [1.82, 2.24) is 4.98 Å². The molecule has 1 aliphatic heterocycles. The van der Waals surface area contributed by atoms with Crippen molar-refractivity contribution in [1.29, 1.82) is 0 Å². The highest BCUT2D eigenvalue weighted by Crippen LogP contribution is 2.40. The molecule has 0 fully saturated rings. The number of anilines is 1. The Morgan fingerprint density at radius 2 is 2.12 bits per heavy atom. The van der Waals surface area contributed by atoms with Gasteiger partial charge in [0.05, 0.1) is 16.6 Å². The number of hydrogen-bond donors (Lipinski definition) is 5. The molecule has 1 unspecified atom stereocenters. The van der Waals surface area contributed by atoms with Crippen LogP contribution in [0.4, 0.5) is 5.69 Å². The van der Waals surface area contributed by atoms with Crippen LogP contribution in [0.5, 0.6) is 5.75 Å². The van der Waals surface area contributed by atoms with E-state index in [1.807, 2.05) is 12.3 Å². The van der Waals surface area contributed by atoms with E-state index in [-0.39, 0.29) is 0 Å². The smallest absolute Gasteiger partial charge is 0.381 e. The topological polar surface area (TPSA) is 147 Å². The summed E-state index contributed by atoms with van der Waals surface area (Å²) in [5.41, 5.74) is 9.75. The number of aromatic nitrogens is 1. The van der Waals surface area contributed by atoms with Gasteiger partial charge in [0.2, 0.25) is 0 Å². The van der Waals surface area contributed by atoms with Crippen LogP contribution in [0.3, 0.4) is 0 Å². The number of nitrogens with two attached hydrogens (primary N) is 1. The number of nitrogens with one attached hydrogen (secondary N) is 1. The second-order valence-corrected chi connectivity index (χ2v) is 7.13. The number of rotatable bonds is 5. The van der Waals surface area contributed by atoms with E-state index in [0.29, 0.717) is 12.6 Å². The van der Waals surface area contributed by atoms with Gasteiger partial charge >= 0.3 is 7.82 Å². The summed E-state index contributed by atoms with van der Waals surface area (Å²) in [6.07, 6.45) is 3.87. The number of phosphoric acid groups is 1. The van der Waals surface area contributed by atoms with Gasteiger partial charge in [0.25, 0.3) is 0 Å². The van der Waals surface area contributed by atoms with Crippen LogP contribution in [-0.2, 0) is 16.1 Å². The van der Waals surface area contributed by atoms with Crippen LogP contribution in [0.25, 0.3) is 10.9 Å². The number of hydrogen-bond acceptors (Lipinski definition) is 6. The Bertz CT molecular complexity index is 802. The highest BCUT2D eigenvalue weighted by molar-refractivity contribution is 7.45. The maximum Gasteiger partial charge on any atom is 0.466 e. The summed E-state index contributed by atoms with van der Waals surface area (Å²) < 4.78 is 8.88. The summed E-state index contributed by atoms with van der Waals surface area (Å²) in [5.74, 6) is 0.802. The van der Waals surface area contributed by atoms with Crippen LogP contribution in [0, 0.1) is 6.92 Å². The normalized spacial score (nSPS) is 14.2. The average Bonchev–Trinajstić information content (AvgIpc) is 2.99. The SMILES string of the molecule is Cc1ccnc2c(NC(C)CCCN)cc3c(c12)OOC3.O=P(O)(O)O. The van der Waals surface area contributed by atoms with Crippen molar-refractivity contribution in [2.24, 2.45) is 5.73 Å². The molecule has 6 N–H and O–H groups in total. The van der Waals surface area contributed by atoms with E-state index in [4.69, 9.17) is 34.8 Å². The molecule has 2 aromatic rings. The van der Waals surface area contributed by atoms with Crippen molar-refractivity contribution in [3.8, 4) is 5.75 Å². The van der Waals surface area contributed by atoms with Crippen LogP contribution in [0.2, 0.25) is 0 Å². The summed E-state index contributed by atoms with van der Waals surface area (Å²) in [4.78, 5) is 36.6. The quantitative estimate of drug-likeness (QED) is 0.385. The Kier molecular flexibility index (Phi) is 6.94. The largest absolute Gasteiger partial charge is 0.466 e. The van der Waals surface area contributed by atoms with Gasteiger partial charge in [-0.15, -0.1) is 0 Å². The minimum Gasteiger partial charge on any atom is -0.381 e. The zero-order valence-corrected chi connectivity index (χ0v) is 15.6. The van der Waals surface area contributed by atoms with Crippen LogP contribution in [0.1, 0.15) is 30.9 Å². The second-order valence-electron chi connectivity index (χ2n) is 6.10. The molecule has 0 aliphatic carbocycles. The fraction of sp³-hybridized carbons (Fsp3) is 0.438. The van der Waals surface area contributed by atoms with Crippen molar-refractivity contribution in [2.45, 2.75) is 39.3 Å². The lowest BCUT2D eigenvalue weighted by molar-refractivity contribution is -0.193. The third-order valence-corrected chi connectivity index (χ3v) is 3.85. The predicted molar refractivity (Wildman–Crippen MR) is 97.5 cm³/mol. The molecule has 0 spiro atoms. The Morgan fingerprint density at radius 1 is 1.42 bits per heavy atom. The van der Waals surface area contributed by atoms with Gasteiger partial charge in [-0.1, -0.05) is 0 Å². The number of fused-ring (bicyclic) bond motifs is 3. The zero-order valence-electron chi connectivity index (χ0n) is 14.7. The van der Waals surface area contributed by atoms with Crippen molar-refractivity contribution in [3.05, 3.63) is 29.5 Å². The monoisotopic (exact) mass is 385 g/mol. The molecule has 0 bridgehead atoms. The van der Waals surface area contributed by atoms with Gasteiger partial charge in [-0.05, 0) is 50.9 Å². The highest BCUT2D eigenvalue weighted by atomic mass is 31.2. The number of benzene rings is 1. The molecule has 0 amide bonds. The maximum absolute atomic E-state index is 8.88. The van der Waals surface area contributed by atoms with Gasteiger partial charge in [-0.2, -0.15) is 4.89 Å². The molecule has 26 heavy (non-hydrogen) atoms. The molecular weight excluding hydrogens is 361 g/mol. The van der Waals surface area contributed by atoms with E-state index in [9.17, 15) is 0 Å². The third kappa shape index (κ3) is 5.63. The fourth-order valence-corrected chi connectivity index (χ4v) is 2.74. The van der Waals surface area contributed by atoms with Crippen molar-refractivity contribution < 1.29 is 29.0 Å². The molecule has 1 aliphatic rings. The van der Waals surface area contributed by atoms with Gasteiger partial charge in [0.1, 0.15) is 6.61 Å². The first kappa shape index (κ1) is 20.6. The van der Waals surface area contributed by atoms with E-state index >= 15 is 0 Å². The minimum absolute atomic E-state index is 0.348. The van der Waals surface area contributed by atoms with E-state index in [1.165, 1.54) is 0 Å². The summed E-state index contributed by atoms with van der Waals surface area (Å²) in [6.45, 7) is 5.42. The number of pyridine rings is 1. The molecule has 0 radical (unpaired) electrons. The highest BCUT2D eigenvalue weighted by Gasteiger charge is 2.22. The first-order chi connectivity index (χ1) is 12.2. The Hall–Kier alpha value is -1.74. The molecule has 1 atom stereocenters. The first-order valence-corrected chi connectivity index (χ1v) is 9.72. The first-order valence-electron chi connectivity index (χ1n) is 8.16. The lowest BCUT2D eigenvalue weighted by Gasteiger charge is -2.17. The third-order valence-electron chi connectivity index (χ3n) is 3.85. The fourth-order valence-electron chi connectivity index (χ4n) is 2.74. The van der Waals surface area contributed by atoms with E-state index in [2.05, 4.69) is 30.2 Å². The van der Waals surface area contributed by atoms with E-state index < -0.39 is 7.82 Å². The Morgan fingerprint density at radius 3 is 2.77 bits per heavy atom. The molecule has 0 saturated heterocycles. The predicted octanol–water partition coefficient (Wildman–Crippen LogP) is 1.98. The lowest BCUT2D eigenvalue weighted by atomic mass is 10.0. The molecule has 10 heteroatoms. The molecular formula is C16H24N3O6P. The van der Waals surface area contributed by atoms with Crippen molar-refractivity contribution >= 4 is 24.4 Å². The van der Waals surface area contributed by atoms with Crippen LogP contribution in [0.15, 0.2) is 18.3 Å². The van der Waals surface area contributed by atoms with E-state index in [1.54, 1.807) is 0 Å². The molecule has 0 saturated carbocycles. The van der Waals surface area contributed by atoms with Crippen molar-refractivity contribution in [3.63, 3.8) is 0 Å². The molecule has 3 rings (SSSR count). The number of nitrogens with zero attached hydrogens (tertiary/aromatic N) is 1. The van der Waals surface area contributed by atoms with Crippen LogP contribution >= 0.6 is 7.82 Å². The number of aryl methyl sites for hydroxylation is 1. The van der Waals surface area contributed by atoms with Gasteiger partial charge < -0.3 is 30.6 Å². The van der Waals surface area contributed by atoms with Crippen molar-refractivity contribution in [2.75, 3.05) is 11.9 Å². The van der Waals surface area contributed by atoms with E-state index in [0.717, 1.165) is 52.9 Å². The molecule has 2 heterocycles. The summed E-state index contributed by atoms with van der Waals surface area (Å²) >= 11 is 0. The summed E-state index contributed by atoms with van der Waals surface area (Å²) in [7, 11) is -4.64. The molecule has 1 aromatic carbocycles. The van der Waals surface area contributed by atoms with Gasteiger partial charge in [0.15, 0.2) is 5.75 Å². The zero-order chi connectivity index (χ0) is 19.3. The standard InChI is InChI=1S/C16H21N3O2.H3O4P/c1-10-5-7-18-15-13(19-11(2)4-3-6-17)8-12-9-20-21-16(12)14(10)15;1-5(2,3)4/h5,7-8,11,19H,3-4,6,9,17H2,1-2H3;(H3,1,2,3,4).